The molecule has 0 aliphatic heterocycles. The molecular weight excluding hydrogens is 598 g/mol. The van der Waals surface area contributed by atoms with E-state index in [9.17, 15) is 24.3 Å². The molecule has 3 atom stereocenters. The lowest BCUT2D eigenvalue weighted by atomic mass is 9.97. The molecule has 3 aromatic rings. The van der Waals surface area contributed by atoms with Crippen LogP contribution in [0.25, 0.3) is 0 Å². The van der Waals surface area contributed by atoms with Gasteiger partial charge in [-0.05, 0) is 29.5 Å². The Kier molecular flexibility index (Phi) is 15.4. The number of benzene rings is 3. The standard InChI is InChI=1S/C37H43N3O7/c1-3-14-31(24-34(42)40(22-23-41)25-28-16-8-5-9-17-28)35(43)38-33(30-20-12-7-13-21-30)27-46-36(44)32(15-4-2)39-37(45)47-26-29-18-10-6-11-19-29/h3-13,16-21,31-33,41H,1-2,14-15,22-27H2,(H,38,43)(H,39,45)/t31-,32+,33-/m0/s1. The lowest BCUT2D eigenvalue weighted by Crippen LogP contribution is -2.43. The van der Waals surface area contributed by atoms with Crippen LogP contribution in [0.2, 0.25) is 0 Å². The Morgan fingerprint density at radius 2 is 1.38 bits per heavy atom. The third kappa shape index (κ3) is 12.6. The number of carbonyl (C=O) groups is 4. The molecule has 10 nitrogen and oxygen atoms in total. The molecule has 10 heteroatoms. The molecule has 47 heavy (non-hydrogen) atoms. The molecule has 3 aromatic carbocycles. The predicted octanol–water partition coefficient (Wildman–Crippen LogP) is 4.86. The molecular formula is C37H43N3O7. The normalized spacial score (nSPS) is 12.4. The minimum atomic E-state index is -1.06. The van der Waals surface area contributed by atoms with Crippen molar-refractivity contribution in [3.05, 3.63) is 133 Å². The number of nitrogens with one attached hydrogen (secondary N) is 2. The van der Waals surface area contributed by atoms with Gasteiger partial charge < -0.3 is 30.1 Å². The minimum absolute atomic E-state index is 0.0308. The highest BCUT2D eigenvalue weighted by molar-refractivity contribution is 5.86. The second-order valence-corrected chi connectivity index (χ2v) is 10.8. The maximum Gasteiger partial charge on any atom is 0.408 e. The second-order valence-electron chi connectivity index (χ2n) is 10.8. The summed E-state index contributed by atoms with van der Waals surface area (Å²) in [7, 11) is 0. The van der Waals surface area contributed by atoms with E-state index in [2.05, 4.69) is 23.8 Å². The first-order valence-electron chi connectivity index (χ1n) is 15.5. The summed E-state index contributed by atoms with van der Waals surface area (Å²) in [5.74, 6) is -2.19. The number of carbonyl (C=O) groups excluding carboxylic acids is 4. The van der Waals surface area contributed by atoms with Crippen LogP contribution in [0.5, 0.6) is 0 Å². The summed E-state index contributed by atoms with van der Waals surface area (Å²) >= 11 is 0. The zero-order valence-corrected chi connectivity index (χ0v) is 26.5. The van der Waals surface area contributed by atoms with Gasteiger partial charge in [0.15, 0.2) is 0 Å². The van der Waals surface area contributed by atoms with Crippen LogP contribution in [0.3, 0.4) is 0 Å². The molecule has 0 aliphatic carbocycles. The Bertz CT molecular complexity index is 1430. The van der Waals surface area contributed by atoms with Crippen molar-refractivity contribution in [3.63, 3.8) is 0 Å². The van der Waals surface area contributed by atoms with Crippen LogP contribution in [-0.2, 0) is 37.0 Å². The number of aliphatic hydroxyl groups is 1. The molecule has 0 radical (unpaired) electrons. The van der Waals surface area contributed by atoms with E-state index < -0.39 is 36.0 Å². The zero-order valence-electron chi connectivity index (χ0n) is 26.5. The van der Waals surface area contributed by atoms with Gasteiger partial charge in [0, 0.05) is 19.5 Å². The second kappa shape index (κ2) is 20.0. The number of aliphatic hydroxyl groups excluding tert-OH is 1. The summed E-state index contributed by atoms with van der Waals surface area (Å²) in [6.45, 7) is 7.42. The number of ether oxygens (including phenoxy) is 2. The fourth-order valence-electron chi connectivity index (χ4n) is 4.79. The van der Waals surface area contributed by atoms with Crippen molar-refractivity contribution in [2.75, 3.05) is 19.8 Å². The maximum absolute atomic E-state index is 13.6. The smallest absolute Gasteiger partial charge is 0.408 e. The van der Waals surface area contributed by atoms with Gasteiger partial charge in [-0.15, -0.1) is 13.2 Å². The highest BCUT2D eigenvalue weighted by atomic mass is 16.6. The number of rotatable bonds is 19. The van der Waals surface area contributed by atoms with E-state index >= 15 is 0 Å². The average molecular weight is 642 g/mol. The number of esters is 1. The first kappa shape index (κ1) is 36.3. The number of allylic oxidation sites excluding steroid dienone is 1. The molecule has 0 aliphatic rings. The van der Waals surface area contributed by atoms with Crippen molar-refractivity contribution in [2.45, 2.75) is 44.5 Å². The molecule has 0 bridgehead atoms. The SMILES string of the molecule is C=CC[C@@H](CC(=O)N(CCO)Cc1ccccc1)C(=O)N[C@@H](COC(=O)[C@@H](CC=C)NC(=O)OCc1ccccc1)c1ccccc1. The molecule has 0 saturated carbocycles. The van der Waals surface area contributed by atoms with Crippen LogP contribution < -0.4 is 10.6 Å². The summed E-state index contributed by atoms with van der Waals surface area (Å²) in [4.78, 5) is 54.0. The number of amides is 3. The minimum Gasteiger partial charge on any atom is -0.462 e. The number of alkyl carbamates (subject to hydrolysis) is 1. The van der Waals surface area contributed by atoms with E-state index in [4.69, 9.17) is 9.47 Å². The summed E-state index contributed by atoms with van der Waals surface area (Å²) in [5.41, 5.74) is 2.37. The Labute approximate surface area is 276 Å². The van der Waals surface area contributed by atoms with Crippen LogP contribution in [-0.4, -0.2) is 59.7 Å². The van der Waals surface area contributed by atoms with Crippen LogP contribution in [0.4, 0.5) is 4.79 Å². The van der Waals surface area contributed by atoms with Gasteiger partial charge in [-0.2, -0.15) is 0 Å². The van der Waals surface area contributed by atoms with Gasteiger partial charge >= 0.3 is 12.1 Å². The fraction of sp³-hybridized carbons (Fsp3) is 0.297. The van der Waals surface area contributed by atoms with Crippen molar-refractivity contribution in [1.82, 2.24) is 15.5 Å². The Morgan fingerprint density at radius 3 is 1.98 bits per heavy atom. The monoisotopic (exact) mass is 641 g/mol. The van der Waals surface area contributed by atoms with Crippen molar-refractivity contribution < 1.29 is 33.8 Å². The van der Waals surface area contributed by atoms with Gasteiger partial charge in [-0.3, -0.25) is 9.59 Å². The van der Waals surface area contributed by atoms with Gasteiger partial charge in [0.05, 0.1) is 18.6 Å². The molecule has 0 saturated heterocycles. The molecule has 0 aromatic heterocycles. The molecule has 0 heterocycles. The zero-order chi connectivity index (χ0) is 33.9. The van der Waals surface area contributed by atoms with Gasteiger partial charge in [-0.1, -0.05) is 103 Å². The topological polar surface area (TPSA) is 134 Å². The Hall–Kier alpha value is -5.22. The molecule has 0 fully saturated rings. The van der Waals surface area contributed by atoms with Gasteiger partial charge in [0.2, 0.25) is 11.8 Å². The van der Waals surface area contributed by atoms with Crippen LogP contribution in [0.15, 0.2) is 116 Å². The average Bonchev–Trinajstić information content (AvgIpc) is 3.09. The molecule has 248 valence electrons. The Balaban J connectivity index is 1.66. The molecule has 0 spiro atoms. The van der Waals surface area contributed by atoms with E-state index in [1.807, 2.05) is 66.7 Å². The first-order valence-corrected chi connectivity index (χ1v) is 15.5. The van der Waals surface area contributed by atoms with Crippen molar-refractivity contribution in [2.24, 2.45) is 5.92 Å². The lowest BCUT2D eigenvalue weighted by Gasteiger charge is -2.26. The first-order chi connectivity index (χ1) is 22.8. The molecule has 3 amide bonds. The predicted molar refractivity (Wildman–Crippen MR) is 179 cm³/mol. The van der Waals surface area contributed by atoms with Gasteiger partial charge in [-0.25, -0.2) is 9.59 Å². The number of hydrogen-bond acceptors (Lipinski definition) is 7. The van der Waals surface area contributed by atoms with Crippen molar-refractivity contribution in [3.8, 4) is 0 Å². The molecule has 0 unspecified atom stereocenters. The quantitative estimate of drug-likeness (QED) is 0.126. The van der Waals surface area contributed by atoms with E-state index in [0.717, 1.165) is 11.1 Å². The van der Waals surface area contributed by atoms with Crippen LogP contribution >= 0.6 is 0 Å². The third-order valence-electron chi connectivity index (χ3n) is 7.28. The third-order valence-corrected chi connectivity index (χ3v) is 7.28. The van der Waals surface area contributed by atoms with Crippen LogP contribution in [0, 0.1) is 5.92 Å². The lowest BCUT2D eigenvalue weighted by molar-refractivity contribution is -0.147. The van der Waals surface area contributed by atoms with E-state index in [0.29, 0.717) is 12.1 Å². The van der Waals surface area contributed by atoms with E-state index in [-0.39, 0.29) is 51.5 Å². The van der Waals surface area contributed by atoms with Crippen molar-refractivity contribution >= 4 is 23.9 Å². The summed E-state index contributed by atoms with van der Waals surface area (Å²) in [6.07, 6.45) is 2.48. The van der Waals surface area contributed by atoms with Crippen molar-refractivity contribution in [1.29, 1.82) is 0 Å². The molecule has 3 rings (SSSR count). The van der Waals surface area contributed by atoms with E-state index in [1.165, 1.54) is 11.0 Å². The number of nitrogens with zero attached hydrogens (tertiary/aromatic N) is 1. The van der Waals surface area contributed by atoms with Gasteiger partial charge in [0.1, 0.15) is 19.3 Å². The highest BCUT2D eigenvalue weighted by Gasteiger charge is 2.28. The van der Waals surface area contributed by atoms with Crippen LogP contribution in [0.1, 0.15) is 42.0 Å². The number of hydrogen-bond donors (Lipinski definition) is 3. The maximum atomic E-state index is 13.6. The highest BCUT2D eigenvalue weighted by Crippen LogP contribution is 2.19. The summed E-state index contributed by atoms with van der Waals surface area (Å²) < 4.78 is 10.8. The summed E-state index contributed by atoms with van der Waals surface area (Å²) in [5, 5.41) is 15.0. The molecule has 3 N–H and O–H groups in total. The largest absolute Gasteiger partial charge is 0.462 e. The Morgan fingerprint density at radius 1 is 0.787 bits per heavy atom. The summed E-state index contributed by atoms with van der Waals surface area (Å²) in [6, 6.07) is 25.7. The van der Waals surface area contributed by atoms with E-state index in [1.54, 1.807) is 30.3 Å². The van der Waals surface area contributed by atoms with Gasteiger partial charge in [0.25, 0.3) is 0 Å². The fourth-order valence-corrected chi connectivity index (χ4v) is 4.79.